The predicted octanol–water partition coefficient (Wildman–Crippen LogP) is 27.4. The molecule has 0 unspecified atom stereocenters. The maximum absolute atomic E-state index is 5.18. The number of para-hydroxylation sites is 6. The van der Waals surface area contributed by atoms with Gasteiger partial charge in [0.2, 0.25) is 0 Å². The highest BCUT2D eigenvalue weighted by atomic mass is 15.0. The van der Waals surface area contributed by atoms with E-state index >= 15 is 0 Å². The van der Waals surface area contributed by atoms with Crippen LogP contribution >= 0.6 is 0 Å². The van der Waals surface area contributed by atoms with Crippen LogP contribution in [0.25, 0.3) is 221 Å². The molecule has 0 fully saturated rings. The topological polar surface area (TPSA) is 84.2 Å². The minimum absolute atomic E-state index is 0.636. The summed E-state index contributed by atoms with van der Waals surface area (Å²) in [6, 6.07) is 145. The van der Waals surface area contributed by atoms with Crippen LogP contribution in [0, 0.1) is 0 Å². The molecule has 6 heterocycles. The summed E-state index contributed by atoms with van der Waals surface area (Å²) in [4.78, 5) is 25.5. The molecular formula is C107H67N9. The second kappa shape index (κ2) is 27.1. The van der Waals surface area contributed by atoms with E-state index in [0.29, 0.717) is 23.3 Å². The summed E-state index contributed by atoms with van der Waals surface area (Å²) in [5.74, 6) is 2.64. The fourth-order valence-electron chi connectivity index (χ4n) is 17.7. The van der Waals surface area contributed by atoms with Gasteiger partial charge in [-0.3, -0.25) is 0 Å². The second-order valence-corrected chi connectivity index (χ2v) is 30.0. The van der Waals surface area contributed by atoms with Crippen molar-refractivity contribution < 1.29 is 0 Å². The van der Waals surface area contributed by atoms with Crippen LogP contribution in [0.3, 0.4) is 0 Å². The molecule has 0 saturated carbocycles. The Hall–Kier alpha value is -15.7. The summed E-state index contributed by atoms with van der Waals surface area (Å²) in [5, 5.41) is 19.2. The zero-order chi connectivity index (χ0) is 76.3. The number of rotatable bonds is 10. The highest BCUT2D eigenvalue weighted by Crippen LogP contribution is 2.44. The van der Waals surface area contributed by atoms with E-state index in [2.05, 4.69) is 388 Å². The third-order valence-corrected chi connectivity index (χ3v) is 23.2. The lowest BCUT2D eigenvalue weighted by Gasteiger charge is -2.12. The van der Waals surface area contributed by atoms with E-state index in [9.17, 15) is 0 Å². The Balaban J connectivity index is 0.000000137. The van der Waals surface area contributed by atoms with E-state index in [1.54, 1.807) is 0 Å². The van der Waals surface area contributed by atoms with Crippen molar-refractivity contribution >= 4 is 130 Å². The van der Waals surface area contributed by atoms with Crippen molar-refractivity contribution in [3.63, 3.8) is 0 Å². The molecular weight excluding hydrogens is 1410 g/mol. The summed E-state index contributed by atoms with van der Waals surface area (Å²) in [5.41, 5.74) is 21.7. The number of fused-ring (bicyclic) bond motifs is 16. The molecule has 540 valence electrons. The summed E-state index contributed by atoms with van der Waals surface area (Å²) < 4.78 is 9.64. The molecule has 0 aliphatic heterocycles. The first kappa shape index (κ1) is 66.1. The van der Waals surface area contributed by atoms with Gasteiger partial charge in [-0.1, -0.05) is 279 Å². The summed E-state index contributed by atoms with van der Waals surface area (Å²) in [6.07, 6.45) is 0. The van der Waals surface area contributed by atoms with Crippen LogP contribution in [0.15, 0.2) is 406 Å². The smallest absolute Gasteiger partial charge is 0.164 e. The standard InChI is InChI=1S/C54H34N4.C53H33N5/c1-3-14-37(15-4-1)54-55-48(39-25-23-35-13-7-8-16-38(35)29-39)33-49(56-54)40-26-24-36-27-28-43(31-41(36)30-40)58-51-22-12-10-20-45(51)47-32-46-44-19-9-11-21-50(44)57(52(46)34-53(47)58)42-17-5-2-6-18-42;1-3-14-36(15-4-1)51-54-52(38-25-23-34-13-7-8-16-37(34)29-38)56-53(55-51)39-26-24-35-27-28-42(31-40(35)30-39)58-48-22-12-10-20-44(48)46-32-45-43-19-9-11-21-47(43)57(49(45)33-50(46)58)41-17-5-2-6-18-41/h1-34H;1-33H. The van der Waals surface area contributed by atoms with Crippen molar-refractivity contribution in [2.24, 2.45) is 0 Å². The van der Waals surface area contributed by atoms with Gasteiger partial charge in [0, 0.05) is 99.2 Å². The Morgan fingerprint density at radius 2 is 0.414 bits per heavy atom. The molecule has 6 aromatic heterocycles. The van der Waals surface area contributed by atoms with Crippen LogP contribution < -0.4 is 0 Å². The molecule has 0 N–H and O–H groups in total. The zero-order valence-electron chi connectivity index (χ0n) is 62.7. The molecule has 0 aliphatic carbocycles. The van der Waals surface area contributed by atoms with Gasteiger partial charge in [0.25, 0.3) is 0 Å². The molecule has 0 radical (unpaired) electrons. The molecule has 18 aromatic carbocycles. The lowest BCUT2D eigenvalue weighted by Crippen LogP contribution is -2.00. The molecule has 0 aliphatic rings. The van der Waals surface area contributed by atoms with Crippen molar-refractivity contribution in [3.8, 4) is 90.8 Å². The first-order chi connectivity index (χ1) is 57.5. The van der Waals surface area contributed by atoms with Crippen LogP contribution in [0.1, 0.15) is 0 Å². The Kier molecular flexibility index (Phi) is 15.4. The Morgan fingerprint density at radius 3 is 0.810 bits per heavy atom. The molecule has 0 saturated heterocycles. The molecule has 0 spiro atoms. The normalized spacial score (nSPS) is 11.8. The van der Waals surface area contributed by atoms with E-state index in [0.717, 1.165) is 94.6 Å². The van der Waals surface area contributed by atoms with E-state index < -0.39 is 0 Å². The molecule has 0 bridgehead atoms. The van der Waals surface area contributed by atoms with Gasteiger partial charge in [-0.15, -0.1) is 0 Å². The maximum atomic E-state index is 5.18. The van der Waals surface area contributed by atoms with E-state index in [1.165, 1.54) is 103 Å². The molecule has 24 rings (SSSR count). The van der Waals surface area contributed by atoms with Crippen molar-refractivity contribution in [2.75, 3.05) is 0 Å². The quantitative estimate of drug-likeness (QED) is 0.136. The zero-order valence-corrected chi connectivity index (χ0v) is 62.7. The Bertz CT molecular complexity index is 7600. The van der Waals surface area contributed by atoms with Crippen molar-refractivity contribution in [1.82, 2.24) is 43.2 Å². The second-order valence-electron chi connectivity index (χ2n) is 30.0. The van der Waals surface area contributed by atoms with E-state index in [4.69, 9.17) is 24.9 Å². The third-order valence-electron chi connectivity index (χ3n) is 23.2. The maximum Gasteiger partial charge on any atom is 0.164 e. The average molecular weight is 1480 g/mol. The van der Waals surface area contributed by atoms with Gasteiger partial charge in [0.1, 0.15) is 0 Å². The first-order valence-corrected chi connectivity index (χ1v) is 39.3. The number of hydrogen-bond acceptors (Lipinski definition) is 5. The molecule has 0 atom stereocenters. The first-order valence-electron chi connectivity index (χ1n) is 39.3. The molecule has 0 amide bonds. The van der Waals surface area contributed by atoms with Gasteiger partial charge in [0.15, 0.2) is 23.3 Å². The lowest BCUT2D eigenvalue weighted by atomic mass is 10.0. The third kappa shape index (κ3) is 11.2. The van der Waals surface area contributed by atoms with Crippen LogP contribution in [0.2, 0.25) is 0 Å². The highest BCUT2D eigenvalue weighted by molar-refractivity contribution is 6.21. The molecule has 9 nitrogen and oxygen atoms in total. The van der Waals surface area contributed by atoms with Gasteiger partial charge in [-0.25, -0.2) is 24.9 Å². The molecule has 9 heteroatoms. The van der Waals surface area contributed by atoms with Gasteiger partial charge >= 0.3 is 0 Å². The largest absolute Gasteiger partial charge is 0.309 e. The summed E-state index contributed by atoms with van der Waals surface area (Å²) >= 11 is 0. The lowest BCUT2D eigenvalue weighted by molar-refractivity contribution is 1.07. The molecule has 24 aromatic rings. The minimum Gasteiger partial charge on any atom is -0.309 e. The van der Waals surface area contributed by atoms with Crippen molar-refractivity contribution in [2.45, 2.75) is 0 Å². The van der Waals surface area contributed by atoms with Gasteiger partial charge in [0.05, 0.1) is 55.5 Å². The fourth-order valence-corrected chi connectivity index (χ4v) is 17.7. The number of hydrogen-bond donors (Lipinski definition) is 0. The van der Waals surface area contributed by atoms with Crippen LogP contribution in [-0.2, 0) is 0 Å². The van der Waals surface area contributed by atoms with Crippen molar-refractivity contribution in [3.05, 3.63) is 406 Å². The van der Waals surface area contributed by atoms with Crippen LogP contribution in [-0.4, -0.2) is 43.2 Å². The van der Waals surface area contributed by atoms with Crippen LogP contribution in [0.4, 0.5) is 0 Å². The number of benzene rings is 18. The Labute approximate surface area is 666 Å². The number of aromatic nitrogens is 9. The summed E-state index contributed by atoms with van der Waals surface area (Å²) in [6.45, 7) is 0. The Morgan fingerprint density at radius 1 is 0.138 bits per heavy atom. The van der Waals surface area contributed by atoms with Crippen molar-refractivity contribution in [1.29, 1.82) is 0 Å². The monoisotopic (exact) mass is 1480 g/mol. The highest BCUT2D eigenvalue weighted by Gasteiger charge is 2.23. The van der Waals surface area contributed by atoms with Gasteiger partial charge < -0.3 is 18.3 Å². The van der Waals surface area contributed by atoms with E-state index in [1.807, 2.05) is 36.4 Å². The average Bonchev–Trinajstić information content (AvgIpc) is 1.56. The van der Waals surface area contributed by atoms with Gasteiger partial charge in [-0.05, 0) is 170 Å². The fraction of sp³-hybridized carbons (Fsp3) is 0. The van der Waals surface area contributed by atoms with Crippen LogP contribution in [0.5, 0.6) is 0 Å². The predicted molar refractivity (Wildman–Crippen MR) is 482 cm³/mol. The number of nitrogens with zero attached hydrogens (tertiary/aromatic N) is 9. The minimum atomic E-state index is 0.636. The molecule has 116 heavy (non-hydrogen) atoms. The van der Waals surface area contributed by atoms with Gasteiger partial charge in [-0.2, -0.15) is 0 Å². The summed E-state index contributed by atoms with van der Waals surface area (Å²) in [7, 11) is 0. The SMILES string of the molecule is c1ccc(-c2nc(-c3ccc4ccccc4c3)cc(-c3ccc4ccc(-n5c6ccccc6c6cc7c8ccccc8n(-c8ccccc8)c7cc65)cc4c3)n2)cc1.c1ccc(-c2nc(-c3ccc4ccccc4c3)nc(-c3ccc4ccc(-n5c6ccccc6c6cc7c8ccccc8n(-c8ccccc8)c7cc65)cc4c3)n2)cc1. The van der Waals surface area contributed by atoms with E-state index in [-0.39, 0.29) is 0 Å².